The van der Waals surface area contributed by atoms with Crippen molar-refractivity contribution in [2.24, 2.45) is 0 Å². The molecular weight excluding hydrogens is 260 g/mol. The smallest absolute Gasteiger partial charge is 0.111 e. The van der Waals surface area contributed by atoms with Crippen LogP contribution in [0.25, 0.3) is 32.9 Å². The molecule has 0 aliphatic rings. The summed E-state index contributed by atoms with van der Waals surface area (Å²) in [6, 6.07) is 10.3. The minimum atomic E-state index is 0.860. The predicted molar refractivity (Wildman–Crippen MR) is 83.9 cm³/mol. The number of pyridine rings is 2. The van der Waals surface area contributed by atoms with Crippen LogP contribution in [0.15, 0.2) is 55.1 Å². The summed E-state index contributed by atoms with van der Waals surface area (Å²) in [6.07, 6.45) is 7.60. The summed E-state index contributed by atoms with van der Waals surface area (Å²) in [5.41, 5.74) is 4.19. The minimum absolute atomic E-state index is 0.860. The van der Waals surface area contributed by atoms with E-state index in [2.05, 4.69) is 52.5 Å². The van der Waals surface area contributed by atoms with Crippen molar-refractivity contribution in [3.63, 3.8) is 0 Å². The van der Waals surface area contributed by atoms with Crippen molar-refractivity contribution in [3.05, 3.63) is 55.1 Å². The van der Waals surface area contributed by atoms with Crippen LogP contribution in [-0.4, -0.2) is 19.7 Å². The molecule has 4 rings (SSSR count). The van der Waals surface area contributed by atoms with Crippen LogP contribution in [-0.2, 0) is 6.54 Å². The second kappa shape index (κ2) is 4.66. The molecule has 21 heavy (non-hydrogen) atoms. The molecule has 0 bridgehead atoms. The fourth-order valence-electron chi connectivity index (χ4n) is 2.61. The van der Waals surface area contributed by atoms with Gasteiger partial charge in [-0.05, 0) is 30.7 Å². The molecule has 0 radical (unpaired) electrons. The van der Waals surface area contributed by atoms with Crippen molar-refractivity contribution < 1.29 is 0 Å². The van der Waals surface area contributed by atoms with Crippen molar-refractivity contribution in [2.45, 2.75) is 13.5 Å². The number of hydrogen-bond donors (Lipinski definition) is 0. The standard InChI is InChI=1S/C17H14N4/c1-2-21-11-15-14-8-12(13-4-3-7-18-9-13)5-6-16(14)19-10-17(15)20-21/h3-11H,2H2,1H3. The Morgan fingerprint density at radius 3 is 2.76 bits per heavy atom. The molecule has 3 heterocycles. The van der Waals surface area contributed by atoms with Gasteiger partial charge in [0, 0.05) is 41.5 Å². The molecule has 0 unspecified atom stereocenters. The molecule has 4 nitrogen and oxygen atoms in total. The lowest BCUT2D eigenvalue weighted by molar-refractivity contribution is 0.668. The van der Waals surface area contributed by atoms with Crippen molar-refractivity contribution in [1.82, 2.24) is 19.7 Å². The lowest BCUT2D eigenvalue weighted by Crippen LogP contribution is -1.92. The molecular formula is C17H14N4. The van der Waals surface area contributed by atoms with Gasteiger partial charge < -0.3 is 0 Å². The van der Waals surface area contributed by atoms with E-state index >= 15 is 0 Å². The zero-order chi connectivity index (χ0) is 14.2. The third-order valence-electron chi connectivity index (χ3n) is 3.72. The Kier molecular flexibility index (Phi) is 2.67. The van der Waals surface area contributed by atoms with Crippen molar-refractivity contribution in [1.29, 1.82) is 0 Å². The fraction of sp³-hybridized carbons (Fsp3) is 0.118. The van der Waals surface area contributed by atoms with Gasteiger partial charge in [0.15, 0.2) is 0 Å². The first-order valence-electron chi connectivity index (χ1n) is 7.01. The number of aryl methyl sites for hydroxylation is 1. The lowest BCUT2D eigenvalue weighted by atomic mass is 10.0. The van der Waals surface area contributed by atoms with Gasteiger partial charge in [-0.1, -0.05) is 12.1 Å². The van der Waals surface area contributed by atoms with Crippen LogP contribution in [0.1, 0.15) is 6.92 Å². The van der Waals surface area contributed by atoms with Crippen LogP contribution in [0, 0.1) is 0 Å². The molecule has 102 valence electrons. The summed E-state index contributed by atoms with van der Waals surface area (Å²) >= 11 is 0. The van der Waals surface area contributed by atoms with E-state index in [0.717, 1.165) is 39.5 Å². The molecule has 0 spiro atoms. The molecule has 0 amide bonds. The second-order valence-electron chi connectivity index (χ2n) is 5.02. The Bertz CT molecular complexity index is 925. The van der Waals surface area contributed by atoms with Crippen LogP contribution >= 0.6 is 0 Å². The lowest BCUT2D eigenvalue weighted by Gasteiger charge is -2.03. The van der Waals surface area contributed by atoms with E-state index in [-0.39, 0.29) is 0 Å². The van der Waals surface area contributed by atoms with Crippen LogP contribution < -0.4 is 0 Å². The molecule has 4 heteroatoms. The first-order chi connectivity index (χ1) is 10.3. The largest absolute Gasteiger partial charge is 0.272 e. The van der Waals surface area contributed by atoms with Crippen LogP contribution in [0.3, 0.4) is 0 Å². The van der Waals surface area contributed by atoms with Gasteiger partial charge in [0.05, 0.1) is 11.7 Å². The van der Waals surface area contributed by atoms with Gasteiger partial charge in [-0.3, -0.25) is 14.6 Å². The van der Waals surface area contributed by atoms with Crippen molar-refractivity contribution >= 4 is 21.8 Å². The zero-order valence-electron chi connectivity index (χ0n) is 11.7. The maximum atomic E-state index is 4.53. The number of nitrogens with zero attached hydrogens (tertiary/aromatic N) is 4. The van der Waals surface area contributed by atoms with Gasteiger partial charge >= 0.3 is 0 Å². The molecule has 3 aromatic heterocycles. The van der Waals surface area contributed by atoms with E-state index in [9.17, 15) is 0 Å². The summed E-state index contributed by atoms with van der Waals surface area (Å²) in [5.74, 6) is 0. The topological polar surface area (TPSA) is 43.6 Å². The van der Waals surface area contributed by atoms with E-state index in [1.54, 1.807) is 6.20 Å². The average Bonchev–Trinajstić information content (AvgIpc) is 2.99. The van der Waals surface area contributed by atoms with Gasteiger partial charge in [-0.2, -0.15) is 5.10 Å². The number of rotatable bonds is 2. The molecule has 0 aliphatic carbocycles. The van der Waals surface area contributed by atoms with E-state index in [1.165, 1.54) is 0 Å². The minimum Gasteiger partial charge on any atom is -0.272 e. The van der Waals surface area contributed by atoms with E-state index < -0.39 is 0 Å². The maximum Gasteiger partial charge on any atom is 0.111 e. The molecule has 0 N–H and O–H groups in total. The second-order valence-corrected chi connectivity index (χ2v) is 5.02. The van der Waals surface area contributed by atoms with Gasteiger partial charge in [0.1, 0.15) is 5.52 Å². The maximum absolute atomic E-state index is 4.53. The van der Waals surface area contributed by atoms with Gasteiger partial charge in [-0.25, -0.2) is 0 Å². The van der Waals surface area contributed by atoms with E-state index in [0.29, 0.717) is 0 Å². The van der Waals surface area contributed by atoms with Gasteiger partial charge in [0.2, 0.25) is 0 Å². The third-order valence-corrected chi connectivity index (χ3v) is 3.72. The third kappa shape index (κ3) is 1.96. The molecule has 0 saturated heterocycles. The molecule has 0 fully saturated rings. The van der Waals surface area contributed by atoms with Crippen molar-refractivity contribution in [3.8, 4) is 11.1 Å². The Hall–Kier alpha value is -2.75. The first-order valence-corrected chi connectivity index (χ1v) is 7.01. The van der Waals surface area contributed by atoms with Gasteiger partial charge in [0.25, 0.3) is 0 Å². The highest BCUT2D eigenvalue weighted by Gasteiger charge is 2.07. The normalized spacial score (nSPS) is 11.3. The van der Waals surface area contributed by atoms with Crippen molar-refractivity contribution in [2.75, 3.05) is 0 Å². The zero-order valence-corrected chi connectivity index (χ0v) is 11.7. The summed E-state index contributed by atoms with van der Waals surface area (Å²) in [7, 11) is 0. The molecule has 0 saturated carbocycles. The highest BCUT2D eigenvalue weighted by atomic mass is 15.3. The molecule has 1 aromatic carbocycles. The molecule has 0 aliphatic heterocycles. The Morgan fingerprint density at radius 2 is 1.95 bits per heavy atom. The number of hydrogen-bond acceptors (Lipinski definition) is 3. The number of fused-ring (bicyclic) bond motifs is 3. The molecule has 4 aromatic rings. The average molecular weight is 274 g/mol. The summed E-state index contributed by atoms with van der Waals surface area (Å²) in [6.45, 7) is 2.95. The van der Waals surface area contributed by atoms with Crippen LogP contribution in [0.2, 0.25) is 0 Å². The Labute approximate surface area is 122 Å². The van der Waals surface area contributed by atoms with E-state index in [4.69, 9.17) is 0 Å². The monoisotopic (exact) mass is 274 g/mol. The summed E-state index contributed by atoms with van der Waals surface area (Å²) in [5, 5.41) is 6.80. The Balaban J connectivity index is 2.00. The van der Waals surface area contributed by atoms with Gasteiger partial charge in [-0.15, -0.1) is 0 Å². The fourth-order valence-corrected chi connectivity index (χ4v) is 2.61. The summed E-state index contributed by atoms with van der Waals surface area (Å²) in [4.78, 5) is 8.69. The SMILES string of the molecule is CCn1cc2c(cnc3ccc(-c4cccnc4)cc32)n1. The van der Waals surface area contributed by atoms with E-state index in [1.807, 2.05) is 23.1 Å². The first kappa shape index (κ1) is 12.0. The van der Waals surface area contributed by atoms with Crippen LogP contribution in [0.5, 0.6) is 0 Å². The molecule has 0 atom stereocenters. The Morgan fingerprint density at radius 1 is 1.00 bits per heavy atom. The summed E-state index contributed by atoms with van der Waals surface area (Å²) < 4.78 is 1.95. The quantitative estimate of drug-likeness (QED) is 0.560. The highest BCUT2D eigenvalue weighted by Crippen LogP contribution is 2.27. The predicted octanol–water partition coefficient (Wildman–Crippen LogP) is 3.67. The van der Waals surface area contributed by atoms with Crippen LogP contribution in [0.4, 0.5) is 0 Å². The highest BCUT2D eigenvalue weighted by molar-refractivity contribution is 6.05. The number of benzene rings is 1. The number of aromatic nitrogens is 4.